The van der Waals surface area contributed by atoms with Gasteiger partial charge in [-0.25, -0.2) is 4.99 Å². The minimum atomic E-state index is -0.116. The van der Waals surface area contributed by atoms with Crippen LogP contribution in [0.25, 0.3) is 6.08 Å². The third kappa shape index (κ3) is 6.00. The van der Waals surface area contributed by atoms with Crippen molar-refractivity contribution in [1.82, 2.24) is 9.47 Å². The first-order valence-corrected chi connectivity index (χ1v) is 11.8. The first-order valence-electron chi connectivity index (χ1n) is 11.8. The zero-order valence-electron chi connectivity index (χ0n) is 20.7. The van der Waals surface area contributed by atoms with Crippen molar-refractivity contribution in [3.8, 4) is 5.75 Å². The summed E-state index contributed by atoms with van der Waals surface area (Å²) < 4.78 is 6.91. The summed E-state index contributed by atoms with van der Waals surface area (Å²) in [5.74, 6) is 2.04. The van der Waals surface area contributed by atoms with Crippen molar-refractivity contribution in [2.75, 3.05) is 50.6 Å². The Bertz CT molecular complexity index is 1240. The van der Waals surface area contributed by atoms with Gasteiger partial charge in [-0.05, 0) is 62.0 Å². The average Bonchev–Trinajstić information content (AvgIpc) is 2.87. The highest BCUT2D eigenvalue weighted by Gasteiger charge is 2.14. The van der Waals surface area contributed by atoms with Gasteiger partial charge >= 0.3 is 0 Å². The van der Waals surface area contributed by atoms with Crippen LogP contribution in [0.2, 0.25) is 0 Å². The molecule has 1 aromatic heterocycles. The summed E-state index contributed by atoms with van der Waals surface area (Å²) in [7, 11) is 3.79. The van der Waals surface area contributed by atoms with Gasteiger partial charge in [0.25, 0.3) is 5.56 Å². The van der Waals surface area contributed by atoms with E-state index >= 15 is 0 Å². The Kier molecular flexibility index (Phi) is 7.67. The van der Waals surface area contributed by atoms with Gasteiger partial charge in [0.2, 0.25) is 0 Å². The zero-order valence-corrected chi connectivity index (χ0v) is 20.7. The molecule has 2 heterocycles. The summed E-state index contributed by atoms with van der Waals surface area (Å²) in [6.07, 6.45) is 1.72. The Labute approximate surface area is 207 Å². The Morgan fingerprint density at radius 3 is 2.34 bits per heavy atom. The quantitative estimate of drug-likeness (QED) is 0.407. The van der Waals surface area contributed by atoms with E-state index in [1.54, 1.807) is 29.9 Å². The topological polar surface area (TPSA) is 62.1 Å². The number of ether oxygens (including phenoxy) is 1. The van der Waals surface area contributed by atoms with Crippen molar-refractivity contribution in [2.24, 2.45) is 4.99 Å². The molecule has 0 atom stereocenters. The lowest BCUT2D eigenvalue weighted by molar-refractivity contribution is 0.313. The molecular weight excluding hydrogens is 438 g/mol. The fourth-order valence-electron chi connectivity index (χ4n) is 4.15. The molecule has 2 aromatic carbocycles. The number of pyridine rings is 1. The number of hydrogen-bond donors (Lipinski definition) is 1. The second-order valence-electron chi connectivity index (χ2n) is 8.75. The Morgan fingerprint density at radius 2 is 1.71 bits per heavy atom. The molecule has 0 radical (unpaired) electrons. The number of benzene rings is 2. The first-order chi connectivity index (χ1) is 17.0. The van der Waals surface area contributed by atoms with Gasteiger partial charge in [-0.3, -0.25) is 9.36 Å². The van der Waals surface area contributed by atoms with E-state index in [0.717, 1.165) is 48.7 Å². The van der Waals surface area contributed by atoms with E-state index in [2.05, 4.69) is 53.0 Å². The van der Waals surface area contributed by atoms with Crippen molar-refractivity contribution < 1.29 is 4.74 Å². The second-order valence-corrected chi connectivity index (χ2v) is 8.75. The monoisotopic (exact) mass is 471 g/mol. The van der Waals surface area contributed by atoms with Crippen molar-refractivity contribution in [2.45, 2.75) is 13.5 Å². The zero-order chi connectivity index (χ0) is 24.8. The number of methoxy groups -OCH3 is 1. The smallest absolute Gasteiger partial charge is 0.252 e. The van der Waals surface area contributed by atoms with Crippen LogP contribution in [0.1, 0.15) is 18.1 Å². The van der Waals surface area contributed by atoms with Gasteiger partial charge in [0.1, 0.15) is 17.4 Å². The summed E-state index contributed by atoms with van der Waals surface area (Å²) in [6.45, 7) is 10.4. The number of nitrogens with zero attached hydrogens (tertiary/aromatic N) is 4. The average molecular weight is 472 g/mol. The highest BCUT2D eigenvalue weighted by molar-refractivity contribution is 5.95. The molecular formula is C28H33N5O2. The van der Waals surface area contributed by atoms with Gasteiger partial charge in [0.15, 0.2) is 0 Å². The van der Waals surface area contributed by atoms with Gasteiger partial charge in [0, 0.05) is 49.2 Å². The van der Waals surface area contributed by atoms with Crippen molar-refractivity contribution in [3.05, 3.63) is 88.7 Å². The van der Waals surface area contributed by atoms with Crippen LogP contribution in [-0.4, -0.2) is 55.6 Å². The minimum Gasteiger partial charge on any atom is -0.497 e. The summed E-state index contributed by atoms with van der Waals surface area (Å²) in [5, 5.41) is 3.36. The molecule has 0 unspecified atom stereocenters. The maximum atomic E-state index is 12.8. The van der Waals surface area contributed by atoms with Crippen LogP contribution in [0.15, 0.2) is 77.0 Å². The van der Waals surface area contributed by atoms with E-state index in [1.165, 1.54) is 5.69 Å². The van der Waals surface area contributed by atoms with Crippen LogP contribution in [0.3, 0.4) is 0 Å². The normalized spacial score (nSPS) is 14.6. The number of likely N-dealkylation sites (N-methyl/N-ethyl adjacent to an activating group) is 1. The van der Waals surface area contributed by atoms with Crippen molar-refractivity contribution in [1.29, 1.82) is 0 Å². The largest absolute Gasteiger partial charge is 0.497 e. The third-order valence-corrected chi connectivity index (χ3v) is 6.24. The lowest BCUT2D eigenvalue weighted by atomic mass is 10.2. The molecule has 1 N–H and O–H groups in total. The van der Waals surface area contributed by atoms with Gasteiger partial charge in [-0.1, -0.05) is 24.8 Å². The SMILES string of the molecule is C=Cc1ccc(=O)n(Cc2ccc(OC)cc2)c1N=C(C)Nc1ccc(N2CCN(C)CC2)cc1. The summed E-state index contributed by atoms with van der Waals surface area (Å²) in [5.41, 5.74) is 3.84. The van der Waals surface area contributed by atoms with Gasteiger partial charge in [0.05, 0.1) is 13.7 Å². The molecule has 1 aliphatic heterocycles. The van der Waals surface area contributed by atoms with Gasteiger partial charge < -0.3 is 19.9 Å². The Balaban J connectivity index is 1.55. The first kappa shape index (κ1) is 24.3. The summed E-state index contributed by atoms with van der Waals surface area (Å²) in [6, 6.07) is 19.4. The number of nitrogens with one attached hydrogen (secondary N) is 1. The summed E-state index contributed by atoms with van der Waals surface area (Å²) >= 11 is 0. The Morgan fingerprint density at radius 1 is 1.03 bits per heavy atom. The highest BCUT2D eigenvalue weighted by atomic mass is 16.5. The van der Waals surface area contributed by atoms with E-state index in [4.69, 9.17) is 9.73 Å². The molecule has 0 amide bonds. The number of anilines is 2. The molecule has 0 spiro atoms. The van der Waals surface area contributed by atoms with E-state index in [1.807, 2.05) is 31.2 Å². The molecule has 182 valence electrons. The standard InChI is InChI=1S/C28H33N5O2/c1-5-23-8-15-27(34)33(20-22-6-13-26(35-4)14-7-22)28(23)30-21(2)29-24-9-11-25(12-10-24)32-18-16-31(3)17-19-32/h5-15H,1,16-20H2,2-4H3,(H,29,30). The predicted octanol–water partition coefficient (Wildman–Crippen LogP) is 4.46. The molecule has 1 saturated heterocycles. The number of aliphatic imine (C=N–C) groups is 1. The summed E-state index contributed by atoms with van der Waals surface area (Å²) in [4.78, 5) is 22.3. The van der Waals surface area contributed by atoms with Gasteiger partial charge in [-0.15, -0.1) is 0 Å². The van der Waals surface area contributed by atoms with Crippen LogP contribution in [0.4, 0.5) is 17.2 Å². The van der Waals surface area contributed by atoms with E-state index in [9.17, 15) is 4.79 Å². The lowest BCUT2D eigenvalue weighted by Crippen LogP contribution is -2.44. The van der Waals surface area contributed by atoms with Crippen LogP contribution in [0.5, 0.6) is 5.75 Å². The highest BCUT2D eigenvalue weighted by Crippen LogP contribution is 2.23. The molecule has 3 aromatic rings. The van der Waals surface area contributed by atoms with Gasteiger partial charge in [-0.2, -0.15) is 0 Å². The molecule has 7 heteroatoms. The lowest BCUT2D eigenvalue weighted by Gasteiger charge is -2.34. The van der Waals surface area contributed by atoms with Crippen molar-refractivity contribution >= 4 is 29.1 Å². The number of rotatable bonds is 7. The number of piperazine rings is 1. The predicted molar refractivity (Wildman–Crippen MR) is 145 cm³/mol. The van der Waals surface area contributed by atoms with Crippen molar-refractivity contribution in [3.63, 3.8) is 0 Å². The Hall–Kier alpha value is -3.84. The molecule has 35 heavy (non-hydrogen) atoms. The van der Waals surface area contributed by atoms with Crippen LogP contribution >= 0.6 is 0 Å². The molecule has 0 aliphatic carbocycles. The molecule has 7 nitrogen and oxygen atoms in total. The maximum absolute atomic E-state index is 12.8. The van der Waals surface area contributed by atoms with Crippen LogP contribution in [0, 0.1) is 0 Å². The molecule has 4 rings (SSSR count). The fraction of sp³-hybridized carbons (Fsp3) is 0.286. The minimum absolute atomic E-state index is 0.116. The number of aromatic nitrogens is 1. The van der Waals surface area contributed by atoms with E-state index in [-0.39, 0.29) is 5.56 Å². The van der Waals surface area contributed by atoms with E-state index < -0.39 is 0 Å². The van der Waals surface area contributed by atoms with E-state index in [0.29, 0.717) is 18.2 Å². The van der Waals surface area contributed by atoms with Crippen LogP contribution < -0.4 is 20.5 Å². The third-order valence-electron chi connectivity index (χ3n) is 6.24. The molecule has 0 saturated carbocycles. The van der Waals surface area contributed by atoms with Crippen LogP contribution in [-0.2, 0) is 6.54 Å². The second kappa shape index (κ2) is 11.1. The fourth-order valence-corrected chi connectivity index (χ4v) is 4.15. The number of hydrogen-bond acceptors (Lipinski definition) is 5. The molecule has 1 aliphatic rings. The maximum Gasteiger partial charge on any atom is 0.252 e. The molecule has 1 fully saturated rings. The molecule has 0 bridgehead atoms. The number of amidine groups is 1.